The Kier molecular flexibility index (Phi) is 4.40. The monoisotopic (exact) mass is 343 g/mol. The third-order valence-corrected chi connectivity index (χ3v) is 4.80. The zero-order valence-corrected chi connectivity index (χ0v) is 14.8. The molecule has 0 spiro atoms. The van der Waals surface area contributed by atoms with Crippen molar-refractivity contribution in [3.63, 3.8) is 0 Å². The summed E-state index contributed by atoms with van der Waals surface area (Å²) in [6.45, 7) is 4.19. The van der Waals surface area contributed by atoms with E-state index in [2.05, 4.69) is 34.3 Å². The van der Waals surface area contributed by atoms with Gasteiger partial charge in [0.25, 0.3) is 0 Å². The SMILES string of the molecule is CCN1CCc2ccc(NC(=O)/C=C/c3cccc4cccnc34)cc21. The second kappa shape index (κ2) is 7.00. The number of aromatic nitrogens is 1. The van der Waals surface area contributed by atoms with Gasteiger partial charge >= 0.3 is 0 Å². The number of para-hydroxylation sites is 1. The quantitative estimate of drug-likeness (QED) is 0.720. The van der Waals surface area contributed by atoms with E-state index in [1.807, 2.05) is 42.5 Å². The van der Waals surface area contributed by atoms with Gasteiger partial charge in [0, 0.05) is 47.7 Å². The molecule has 1 aliphatic heterocycles. The van der Waals surface area contributed by atoms with Gasteiger partial charge in [-0.25, -0.2) is 0 Å². The molecule has 0 saturated carbocycles. The summed E-state index contributed by atoms with van der Waals surface area (Å²) in [5, 5.41) is 4.03. The number of anilines is 2. The van der Waals surface area contributed by atoms with Crippen molar-refractivity contribution in [1.29, 1.82) is 0 Å². The Labute approximate surface area is 153 Å². The number of fused-ring (bicyclic) bond motifs is 2. The second-order valence-electron chi connectivity index (χ2n) is 6.42. The van der Waals surface area contributed by atoms with Crippen molar-refractivity contribution < 1.29 is 4.79 Å². The molecule has 0 aliphatic carbocycles. The molecule has 0 fully saturated rings. The molecule has 0 bridgehead atoms. The molecule has 1 aromatic heterocycles. The minimum atomic E-state index is -0.140. The van der Waals surface area contributed by atoms with Crippen LogP contribution in [0.2, 0.25) is 0 Å². The van der Waals surface area contributed by atoms with E-state index >= 15 is 0 Å². The largest absolute Gasteiger partial charge is 0.371 e. The van der Waals surface area contributed by atoms with Gasteiger partial charge in [-0.2, -0.15) is 0 Å². The number of rotatable bonds is 4. The summed E-state index contributed by atoms with van der Waals surface area (Å²) in [7, 11) is 0. The van der Waals surface area contributed by atoms with E-state index in [-0.39, 0.29) is 5.91 Å². The van der Waals surface area contributed by atoms with Crippen LogP contribution in [-0.4, -0.2) is 24.0 Å². The van der Waals surface area contributed by atoms with E-state index in [9.17, 15) is 4.79 Å². The second-order valence-corrected chi connectivity index (χ2v) is 6.42. The zero-order valence-electron chi connectivity index (χ0n) is 14.8. The Bertz CT molecular complexity index is 988. The predicted molar refractivity (Wildman–Crippen MR) is 107 cm³/mol. The third kappa shape index (κ3) is 3.18. The standard InChI is InChI=1S/C22H21N3O/c1-2-25-14-12-16-8-10-19(15-20(16)25)24-21(26)11-9-18-6-3-5-17-7-4-13-23-22(17)18/h3-11,13,15H,2,12,14H2,1H3,(H,24,26)/b11-9+. The Hall–Kier alpha value is -3.14. The van der Waals surface area contributed by atoms with Crippen molar-refractivity contribution in [2.24, 2.45) is 0 Å². The van der Waals surface area contributed by atoms with Crippen molar-refractivity contribution >= 4 is 34.3 Å². The molecule has 2 aromatic carbocycles. The van der Waals surface area contributed by atoms with E-state index in [0.29, 0.717) is 0 Å². The minimum Gasteiger partial charge on any atom is -0.371 e. The summed E-state index contributed by atoms with van der Waals surface area (Å²) < 4.78 is 0. The lowest BCUT2D eigenvalue weighted by molar-refractivity contribution is -0.111. The van der Waals surface area contributed by atoms with Crippen LogP contribution in [0.15, 0.2) is 60.8 Å². The highest BCUT2D eigenvalue weighted by atomic mass is 16.1. The molecule has 2 heterocycles. The van der Waals surface area contributed by atoms with Crippen LogP contribution < -0.4 is 10.2 Å². The van der Waals surface area contributed by atoms with Crippen molar-refractivity contribution in [2.75, 3.05) is 23.3 Å². The van der Waals surface area contributed by atoms with Crippen molar-refractivity contribution in [1.82, 2.24) is 4.98 Å². The molecule has 0 saturated heterocycles. The molecular formula is C22H21N3O. The topological polar surface area (TPSA) is 45.2 Å². The van der Waals surface area contributed by atoms with Crippen LogP contribution in [0.3, 0.4) is 0 Å². The van der Waals surface area contributed by atoms with Gasteiger partial charge in [0.2, 0.25) is 5.91 Å². The van der Waals surface area contributed by atoms with Crippen LogP contribution in [0.1, 0.15) is 18.1 Å². The number of amides is 1. The Morgan fingerprint density at radius 1 is 1.23 bits per heavy atom. The number of nitrogens with zero attached hydrogens (tertiary/aromatic N) is 2. The highest BCUT2D eigenvalue weighted by molar-refractivity contribution is 6.03. The predicted octanol–water partition coefficient (Wildman–Crippen LogP) is 4.27. The van der Waals surface area contributed by atoms with E-state index in [1.165, 1.54) is 11.3 Å². The van der Waals surface area contributed by atoms with E-state index in [0.717, 1.165) is 41.7 Å². The lowest BCUT2D eigenvalue weighted by Gasteiger charge is -2.17. The summed E-state index contributed by atoms with van der Waals surface area (Å²) in [6.07, 6.45) is 6.22. The average Bonchev–Trinajstić information content (AvgIpc) is 3.08. The number of nitrogens with one attached hydrogen (secondary N) is 1. The van der Waals surface area contributed by atoms with Crippen LogP contribution >= 0.6 is 0 Å². The minimum absolute atomic E-state index is 0.140. The Morgan fingerprint density at radius 2 is 2.12 bits per heavy atom. The lowest BCUT2D eigenvalue weighted by Crippen LogP contribution is -2.19. The highest BCUT2D eigenvalue weighted by Crippen LogP contribution is 2.30. The normalized spacial score (nSPS) is 13.3. The van der Waals surface area contributed by atoms with Crippen molar-refractivity contribution in [2.45, 2.75) is 13.3 Å². The molecule has 4 heteroatoms. The summed E-state index contributed by atoms with van der Waals surface area (Å²) in [5.41, 5.74) is 5.24. The first-order chi connectivity index (χ1) is 12.7. The van der Waals surface area contributed by atoms with Crippen molar-refractivity contribution in [3.8, 4) is 0 Å². The first kappa shape index (κ1) is 16.3. The molecule has 4 rings (SSSR count). The smallest absolute Gasteiger partial charge is 0.248 e. The number of hydrogen-bond acceptors (Lipinski definition) is 3. The first-order valence-electron chi connectivity index (χ1n) is 8.95. The fraction of sp³-hybridized carbons (Fsp3) is 0.182. The molecule has 0 unspecified atom stereocenters. The van der Waals surface area contributed by atoms with Gasteiger partial charge in [-0.05, 0) is 43.2 Å². The summed E-state index contributed by atoms with van der Waals surface area (Å²) in [5.74, 6) is -0.140. The molecule has 3 aromatic rings. The number of carbonyl (C=O) groups is 1. The number of benzene rings is 2. The maximum Gasteiger partial charge on any atom is 0.248 e. The maximum absolute atomic E-state index is 12.3. The number of hydrogen-bond donors (Lipinski definition) is 1. The average molecular weight is 343 g/mol. The zero-order chi connectivity index (χ0) is 17.9. The first-order valence-corrected chi connectivity index (χ1v) is 8.95. The lowest BCUT2D eigenvalue weighted by atomic mass is 10.1. The van der Waals surface area contributed by atoms with Gasteiger partial charge in [-0.15, -0.1) is 0 Å². The van der Waals surface area contributed by atoms with Crippen LogP contribution in [0.25, 0.3) is 17.0 Å². The van der Waals surface area contributed by atoms with Crippen LogP contribution in [0, 0.1) is 0 Å². The van der Waals surface area contributed by atoms with Crippen LogP contribution in [-0.2, 0) is 11.2 Å². The highest BCUT2D eigenvalue weighted by Gasteiger charge is 2.17. The molecule has 1 N–H and O–H groups in total. The molecule has 0 atom stereocenters. The maximum atomic E-state index is 12.3. The van der Waals surface area contributed by atoms with E-state index < -0.39 is 0 Å². The van der Waals surface area contributed by atoms with Gasteiger partial charge in [-0.3, -0.25) is 9.78 Å². The molecular weight excluding hydrogens is 322 g/mol. The fourth-order valence-corrected chi connectivity index (χ4v) is 3.46. The third-order valence-electron chi connectivity index (χ3n) is 4.80. The van der Waals surface area contributed by atoms with Gasteiger partial charge in [-0.1, -0.05) is 30.3 Å². The van der Waals surface area contributed by atoms with Crippen molar-refractivity contribution in [3.05, 3.63) is 71.9 Å². The molecule has 1 aliphatic rings. The summed E-state index contributed by atoms with van der Waals surface area (Å²) in [4.78, 5) is 19.1. The number of carbonyl (C=O) groups excluding carboxylic acids is 1. The molecule has 4 nitrogen and oxygen atoms in total. The van der Waals surface area contributed by atoms with Crippen LogP contribution in [0.4, 0.5) is 11.4 Å². The molecule has 1 amide bonds. The fourth-order valence-electron chi connectivity index (χ4n) is 3.46. The summed E-state index contributed by atoms with van der Waals surface area (Å²) in [6, 6.07) is 16.0. The molecule has 0 radical (unpaired) electrons. The molecule has 130 valence electrons. The Morgan fingerprint density at radius 3 is 3.00 bits per heavy atom. The number of likely N-dealkylation sites (N-methyl/N-ethyl adjacent to an activating group) is 1. The van der Waals surface area contributed by atoms with Gasteiger partial charge in [0.15, 0.2) is 0 Å². The van der Waals surface area contributed by atoms with Gasteiger partial charge < -0.3 is 10.2 Å². The molecule has 26 heavy (non-hydrogen) atoms. The van der Waals surface area contributed by atoms with Gasteiger partial charge in [0.1, 0.15) is 0 Å². The van der Waals surface area contributed by atoms with E-state index in [4.69, 9.17) is 0 Å². The van der Waals surface area contributed by atoms with Crippen LogP contribution in [0.5, 0.6) is 0 Å². The summed E-state index contributed by atoms with van der Waals surface area (Å²) >= 11 is 0. The van der Waals surface area contributed by atoms with Gasteiger partial charge in [0.05, 0.1) is 5.52 Å². The Balaban J connectivity index is 1.51. The van der Waals surface area contributed by atoms with E-state index in [1.54, 1.807) is 12.3 Å². The number of pyridine rings is 1.